The molecular weight excluding hydrogens is 146 g/mol. The van der Waals surface area contributed by atoms with Crippen molar-refractivity contribution in [1.29, 1.82) is 0 Å². The molecule has 3 nitrogen and oxygen atoms in total. The molecule has 1 aliphatic heterocycles. The first kappa shape index (κ1) is 6.24. The predicted octanol–water partition coefficient (Wildman–Crippen LogP) is 0.612. The van der Waals surface area contributed by atoms with Crippen molar-refractivity contribution in [3.63, 3.8) is 0 Å². The minimum atomic E-state index is 0.933. The van der Waals surface area contributed by atoms with E-state index in [1.54, 1.807) is 11.9 Å². The van der Waals surface area contributed by atoms with E-state index < -0.39 is 0 Å². The fourth-order valence-electron chi connectivity index (χ4n) is 1.13. The number of nitrogens with one attached hydrogen (secondary N) is 1. The van der Waals surface area contributed by atoms with E-state index in [0.717, 1.165) is 13.1 Å². The Hall–Kier alpha value is -0.480. The van der Waals surface area contributed by atoms with Crippen molar-refractivity contribution in [2.24, 2.45) is 0 Å². The molecule has 1 N–H and O–H groups in total. The van der Waals surface area contributed by atoms with Gasteiger partial charge in [-0.3, -0.25) is 0 Å². The van der Waals surface area contributed by atoms with Gasteiger partial charge in [0.25, 0.3) is 0 Å². The van der Waals surface area contributed by atoms with Gasteiger partial charge in [-0.15, -0.1) is 0 Å². The second-order valence-corrected chi connectivity index (χ2v) is 3.03. The Morgan fingerprint density at radius 1 is 1.70 bits per heavy atom. The van der Waals surface area contributed by atoms with Gasteiger partial charge >= 0.3 is 0 Å². The molecule has 0 saturated heterocycles. The Morgan fingerprint density at radius 3 is 3.30 bits per heavy atom. The van der Waals surface area contributed by atoms with Crippen LogP contribution in [0.1, 0.15) is 11.3 Å². The van der Waals surface area contributed by atoms with Gasteiger partial charge in [0, 0.05) is 31.1 Å². The quantitative estimate of drug-likeness (QED) is 0.644. The molecule has 0 fully saturated rings. The van der Waals surface area contributed by atoms with E-state index in [9.17, 15) is 0 Å². The summed E-state index contributed by atoms with van der Waals surface area (Å²) in [6.45, 7) is 1.92. The lowest BCUT2D eigenvalue weighted by Crippen LogP contribution is -2.03. The summed E-state index contributed by atoms with van der Waals surface area (Å²) in [4.78, 5) is 0. The lowest BCUT2D eigenvalue weighted by molar-refractivity contribution is 0.736. The molecule has 1 aromatic heterocycles. The predicted molar refractivity (Wildman–Crippen MR) is 41.7 cm³/mol. The molecule has 0 unspecified atom stereocenters. The van der Waals surface area contributed by atoms with Gasteiger partial charge in [0.05, 0.1) is 5.69 Å². The lowest BCUT2D eigenvalue weighted by atomic mass is 10.3. The summed E-state index contributed by atoms with van der Waals surface area (Å²) in [6.07, 6.45) is 4.11. The fourth-order valence-corrected chi connectivity index (χ4v) is 1.54. The average Bonchev–Trinajstić information content (AvgIpc) is 2.42. The van der Waals surface area contributed by atoms with Crippen LogP contribution in [0.4, 0.5) is 0 Å². The first-order valence-electron chi connectivity index (χ1n) is 3.23. The zero-order valence-corrected chi connectivity index (χ0v) is 6.61. The van der Waals surface area contributed by atoms with Crippen LogP contribution in [-0.4, -0.2) is 15.4 Å². The summed E-state index contributed by atoms with van der Waals surface area (Å²) < 4.78 is 1.91. The number of fused-ring (bicyclic) bond motifs is 1. The van der Waals surface area contributed by atoms with Crippen LogP contribution < -0.4 is 5.32 Å². The monoisotopic (exact) mass is 155 g/mol. The Labute approximate surface area is 63.9 Å². The lowest BCUT2D eigenvalue weighted by Gasteiger charge is -1.92. The highest BCUT2D eigenvalue weighted by molar-refractivity contribution is 7.97. The molecule has 2 heterocycles. The third-order valence-electron chi connectivity index (χ3n) is 1.65. The number of hydrogen-bond donors (Lipinski definition) is 1. The van der Waals surface area contributed by atoms with E-state index in [-0.39, 0.29) is 0 Å². The Kier molecular flexibility index (Phi) is 1.43. The summed E-state index contributed by atoms with van der Waals surface area (Å²) in [5.41, 5.74) is 2.55. The minimum absolute atomic E-state index is 0.933. The second kappa shape index (κ2) is 2.29. The van der Waals surface area contributed by atoms with Gasteiger partial charge in [0.1, 0.15) is 0 Å². The van der Waals surface area contributed by atoms with Crippen LogP contribution in [0.5, 0.6) is 0 Å². The number of aromatic nitrogens is 2. The maximum absolute atomic E-state index is 4.33. The highest BCUT2D eigenvalue weighted by Crippen LogP contribution is 2.14. The molecular formula is C6H9N3S. The van der Waals surface area contributed by atoms with Crippen molar-refractivity contribution in [3.05, 3.63) is 17.5 Å². The first-order valence-corrected chi connectivity index (χ1v) is 4.41. The van der Waals surface area contributed by atoms with Crippen molar-refractivity contribution in [2.45, 2.75) is 13.1 Å². The van der Waals surface area contributed by atoms with Gasteiger partial charge < -0.3 is 5.32 Å². The van der Waals surface area contributed by atoms with E-state index in [1.165, 1.54) is 11.3 Å². The van der Waals surface area contributed by atoms with E-state index in [1.807, 2.05) is 10.3 Å². The van der Waals surface area contributed by atoms with Crippen molar-refractivity contribution >= 4 is 11.9 Å². The van der Waals surface area contributed by atoms with E-state index >= 15 is 0 Å². The van der Waals surface area contributed by atoms with E-state index in [4.69, 9.17) is 0 Å². The molecule has 0 saturated carbocycles. The molecule has 0 atom stereocenters. The summed E-state index contributed by atoms with van der Waals surface area (Å²) in [7, 11) is 0. The summed E-state index contributed by atoms with van der Waals surface area (Å²) in [5.74, 6) is 0. The molecule has 0 aliphatic carbocycles. The van der Waals surface area contributed by atoms with Gasteiger partial charge in [-0.05, 0) is 11.9 Å². The van der Waals surface area contributed by atoms with Crippen molar-refractivity contribution in [1.82, 2.24) is 14.5 Å². The fraction of sp³-hybridized carbons (Fsp3) is 0.500. The number of rotatable bonds is 1. The van der Waals surface area contributed by atoms with Crippen LogP contribution in [-0.2, 0) is 13.1 Å². The van der Waals surface area contributed by atoms with Crippen molar-refractivity contribution in [3.8, 4) is 0 Å². The Bertz CT molecular complexity index is 222. The maximum atomic E-state index is 4.33. The largest absolute Gasteiger partial charge is 0.307 e. The van der Waals surface area contributed by atoms with Gasteiger partial charge in [-0.25, -0.2) is 4.09 Å². The van der Waals surface area contributed by atoms with Crippen LogP contribution in [0, 0.1) is 0 Å². The topological polar surface area (TPSA) is 29.9 Å². The molecule has 1 aromatic rings. The SMILES string of the molecule is CSn1cc2c(n1)CNC2. The van der Waals surface area contributed by atoms with Crippen LogP contribution >= 0.6 is 11.9 Å². The molecule has 0 spiro atoms. The van der Waals surface area contributed by atoms with Crippen LogP contribution in [0.2, 0.25) is 0 Å². The van der Waals surface area contributed by atoms with E-state index in [0.29, 0.717) is 0 Å². The third-order valence-corrected chi connectivity index (χ3v) is 2.21. The molecule has 0 aromatic carbocycles. The molecule has 54 valence electrons. The first-order chi connectivity index (χ1) is 4.90. The zero-order chi connectivity index (χ0) is 6.97. The molecule has 2 rings (SSSR count). The Balaban J connectivity index is 2.37. The van der Waals surface area contributed by atoms with Crippen LogP contribution in [0.25, 0.3) is 0 Å². The number of nitrogens with zero attached hydrogens (tertiary/aromatic N) is 2. The van der Waals surface area contributed by atoms with Crippen LogP contribution in [0.15, 0.2) is 6.20 Å². The van der Waals surface area contributed by atoms with Gasteiger partial charge in [-0.1, -0.05) is 0 Å². The van der Waals surface area contributed by atoms with Gasteiger partial charge in [0.2, 0.25) is 0 Å². The summed E-state index contributed by atoms with van der Waals surface area (Å²) >= 11 is 1.63. The summed E-state index contributed by atoms with van der Waals surface area (Å²) in [5, 5.41) is 7.56. The van der Waals surface area contributed by atoms with Crippen molar-refractivity contribution < 1.29 is 0 Å². The molecule has 10 heavy (non-hydrogen) atoms. The average molecular weight is 155 g/mol. The van der Waals surface area contributed by atoms with E-state index in [2.05, 4.69) is 16.6 Å². The second-order valence-electron chi connectivity index (χ2n) is 2.29. The molecule has 0 amide bonds. The highest BCUT2D eigenvalue weighted by atomic mass is 32.2. The van der Waals surface area contributed by atoms with Crippen molar-refractivity contribution in [2.75, 3.05) is 6.26 Å². The molecule has 0 bridgehead atoms. The smallest absolute Gasteiger partial charge is 0.0818 e. The molecule has 4 heteroatoms. The minimum Gasteiger partial charge on any atom is -0.307 e. The third kappa shape index (κ3) is 0.839. The normalized spacial score (nSPS) is 15.7. The molecule has 1 aliphatic rings. The zero-order valence-electron chi connectivity index (χ0n) is 5.79. The number of hydrogen-bond acceptors (Lipinski definition) is 3. The van der Waals surface area contributed by atoms with Gasteiger partial charge in [-0.2, -0.15) is 5.10 Å². The maximum Gasteiger partial charge on any atom is 0.0818 e. The summed E-state index contributed by atoms with van der Waals surface area (Å²) in [6, 6.07) is 0. The highest BCUT2D eigenvalue weighted by Gasteiger charge is 2.13. The standard InChI is InChI=1S/C6H9N3S/c1-10-9-4-5-2-7-3-6(5)8-9/h4,7H,2-3H2,1H3. The van der Waals surface area contributed by atoms with Gasteiger partial charge in [0.15, 0.2) is 0 Å². The molecule has 0 radical (unpaired) electrons. The Morgan fingerprint density at radius 2 is 2.60 bits per heavy atom. The van der Waals surface area contributed by atoms with Crippen LogP contribution in [0.3, 0.4) is 0 Å².